The highest BCUT2D eigenvalue weighted by Gasteiger charge is 2.11. The Morgan fingerprint density at radius 2 is 1.41 bits per heavy atom. The van der Waals surface area contributed by atoms with Crippen molar-refractivity contribution < 1.29 is 9.66 Å². The first-order valence-corrected chi connectivity index (χ1v) is 6.75. The molecule has 3 rings (SSSR count). The number of nitro groups is 1. The molecule has 5 nitrogen and oxygen atoms in total. The average Bonchev–Trinajstić information content (AvgIpc) is 3.04. The highest BCUT2D eigenvalue weighted by Crippen LogP contribution is 2.33. The molecule has 0 fully saturated rings. The lowest BCUT2D eigenvalue weighted by Crippen LogP contribution is -1.87. The minimum atomic E-state index is -0.398. The highest BCUT2D eigenvalue weighted by atomic mass is 16.6. The number of rotatable bonds is 4. The molecule has 1 heterocycles. The molecule has 0 saturated heterocycles. The van der Waals surface area contributed by atoms with E-state index in [1.54, 1.807) is 19.2 Å². The molecule has 0 spiro atoms. The Kier molecular flexibility index (Phi) is 3.62. The van der Waals surface area contributed by atoms with Gasteiger partial charge in [-0.1, -0.05) is 12.1 Å². The van der Waals surface area contributed by atoms with Crippen LogP contribution in [0.5, 0.6) is 5.75 Å². The number of hydrogen-bond acceptors (Lipinski definition) is 3. The molecule has 1 aromatic heterocycles. The Bertz CT molecular complexity index is 790. The summed E-state index contributed by atoms with van der Waals surface area (Å²) in [5.74, 6) is 0.802. The van der Waals surface area contributed by atoms with E-state index in [0.717, 1.165) is 28.0 Å². The zero-order valence-corrected chi connectivity index (χ0v) is 11.9. The number of aromatic nitrogens is 1. The van der Waals surface area contributed by atoms with Gasteiger partial charge in [0.2, 0.25) is 0 Å². The van der Waals surface area contributed by atoms with Gasteiger partial charge in [-0.05, 0) is 35.4 Å². The molecule has 0 aliphatic heterocycles. The molecule has 3 aromatic rings. The molecule has 0 aliphatic rings. The van der Waals surface area contributed by atoms with Crippen LogP contribution in [-0.4, -0.2) is 17.0 Å². The molecule has 0 amide bonds. The Morgan fingerprint density at radius 1 is 0.909 bits per heavy atom. The maximum Gasteiger partial charge on any atom is 0.269 e. The van der Waals surface area contributed by atoms with E-state index in [0.29, 0.717) is 0 Å². The summed E-state index contributed by atoms with van der Waals surface area (Å²) in [6.45, 7) is 0. The summed E-state index contributed by atoms with van der Waals surface area (Å²) in [7, 11) is 1.63. The van der Waals surface area contributed by atoms with Crippen molar-refractivity contribution in [3.05, 3.63) is 71.0 Å². The zero-order valence-electron chi connectivity index (χ0n) is 11.9. The Balaban J connectivity index is 1.99. The smallest absolute Gasteiger partial charge is 0.269 e. The van der Waals surface area contributed by atoms with Crippen LogP contribution in [0, 0.1) is 10.1 Å². The molecule has 0 unspecified atom stereocenters. The standard InChI is InChI=1S/C17H14N2O3/c1-22-15-8-4-13(5-9-15)17-11-18-10-16(17)12-2-6-14(7-3-12)19(20)21/h2-11,18H,1H3. The monoisotopic (exact) mass is 294 g/mol. The number of nitrogens with zero attached hydrogens (tertiary/aromatic N) is 1. The van der Waals surface area contributed by atoms with Gasteiger partial charge in [0.1, 0.15) is 5.75 Å². The van der Waals surface area contributed by atoms with Crippen LogP contribution < -0.4 is 4.74 Å². The van der Waals surface area contributed by atoms with Crippen LogP contribution in [0.1, 0.15) is 0 Å². The topological polar surface area (TPSA) is 68.2 Å². The number of non-ortho nitro benzene ring substituents is 1. The van der Waals surface area contributed by atoms with E-state index in [1.165, 1.54) is 12.1 Å². The molecule has 1 N–H and O–H groups in total. The first kappa shape index (κ1) is 13.9. The normalized spacial score (nSPS) is 10.4. The second-order valence-corrected chi connectivity index (χ2v) is 4.82. The molecule has 0 atom stereocenters. The third kappa shape index (κ3) is 2.56. The Hall–Kier alpha value is -3.08. The predicted octanol–water partition coefficient (Wildman–Crippen LogP) is 4.27. The molecular weight excluding hydrogens is 280 g/mol. The average molecular weight is 294 g/mol. The molecular formula is C17H14N2O3. The number of nitro benzene ring substituents is 1. The van der Waals surface area contributed by atoms with Crippen LogP contribution in [0.3, 0.4) is 0 Å². The third-order valence-corrected chi connectivity index (χ3v) is 3.54. The number of benzene rings is 2. The zero-order chi connectivity index (χ0) is 15.5. The quantitative estimate of drug-likeness (QED) is 0.577. The summed E-state index contributed by atoms with van der Waals surface area (Å²) in [6, 6.07) is 14.3. The van der Waals surface area contributed by atoms with E-state index in [1.807, 2.05) is 36.7 Å². The van der Waals surface area contributed by atoms with Crippen LogP contribution in [0.15, 0.2) is 60.9 Å². The van der Waals surface area contributed by atoms with Gasteiger partial charge >= 0.3 is 0 Å². The van der Waals surface area contributed by atoms with Crippen molar-refractivity contribution in [3.8, 4) is 28.0 Å². The SMILES string of the molecule is COc1ccc(-c2c[nH]cc2-c2ccc([N+](=O)[O-])cc2)cc1. The second kappa shape index (κ2) is 5.73. The number of methoxy groups -OCH3 is 1. The van der Waals surface area contributed by atoms with Gasteiger partial charge in [-0.15, -0.1) is 0 Å². The maximum absolute atomic E-state index is 10.7. The van der Waals surface area contributed by atoms with Crippen LogP contribution in [0.2, 0.25) is 0 Å². The fourth-order valence-corrected chi connectivity index (χ4v) is 2.37. The van der Waals surface area contributed by atoms with Gasteiger partial charge in [0.05, 0.1) is 12.0 Å². The summed E-state index contributed by atoms with van der Waals surface area (Å²) in [4.78, 5) is 13.4. The van der Waals surface area contributed by atoms with Crippen LogP contribution in [0.25, 0.3) is 22.3 Å². The number of aromatic amines is 1. The van der Waals surface area contributed by atoms with Crippen molar-refractivity contribution >= 4 is 5.69 Å². The molecule has 0 radical (unpaired) electrons. The fraction of sp³-hybridized carbons (Fsp3) is 0.0588. The molecule has 2 aromatic carbocycles. The number of nitrogens with one attached hydrogen (secondary N) is 1. The Morgan fingerprint density at radius 3 is 1.86 bits per heavy atom. The summed E-state index contributed by atoms with van der Waals surface area (Å²) < 4.78 is 5.17. The summed E-state index contributed by atoms with van der Waals surface area (Å²) in [5.41, 5.74) is 4.11. The molecule has 22 heavy (non-hydrogen) atoms. The van der Waals surface area contributed by atoms with E-state index < -0.39 is 4.92 Å². The maximum atomic E-state index is 10.7. The van der Waals surface area contributed by atoms with Gasteiger partial charge in [0, 0.05) is 35.7 Å². The number of ether oxygens (including phenoxy) is 1. The van der Waals surface area contributed by atoms with Gasteiger partial charge in [0.25, 0.3) is 5.69 Å². The lowest BCUT2D eigenvalue weighted by molar-refractivity contribution is -0.384. The summed E-state index contributed by atoms with van der Waals surface area (Å²) in [5, 5.41) is 10.7. The molecule has 0 bridgehead atoms. The van der Waals surface area contributed by atoms with Gasteiger partial charge < -0.3 is 9.72 Å². The predicted molar refractivity (Wildman–Crippen MR) is 84.9 cm³/mol. The van der Waals surface area contributed by atoms with Crippen LogP contribution in [-0.2, 0) is 0 Å². The van der Waals surface area contributed by atoms with E-state index in [2.05, 4.69) is 4.98 Å². The minimum absolute atomic E-state index is 0.0882. The fourth-order valence-electron chi connectivity index (χ4n) is 2.37. The molecule has 5 heteroatoms. The Labute approximate surface area is 127 Å². The largest absolute Gasteiger partial charge is 0.497 e. The summed E-state index contributed by atoms with van der Waals surface area (Å²) >= 11 is 0. The van der Waals surface area contributed by atoms with E-state index in [9.17, 15) is 10.1 Å². The van der Waals surface area contributed by atoms with E-state index in [4.69, 9.17) is 4.74 Å². The second-order valence-electron chi connectivity index (χ2n) is 4.82. The van der Waals surface area contributed by atoms with Crippen molar-refractivity contribution in [1.82, 2.24) is 4.98 Å². The van der Waals surface area contributed by atoms with Crippen molar-refractivity contribution in [2.75, 3.05) is 7.11 Å². The van der Waals surface area contributed by atoms with Crippen molar-refractivity contribution in [1.29, 1.82) is 0 Å². The lowest BCUT2D eigenvalue weighted by atomic mass is 9.99. The summed E-state index contributed by atoms with van der Waals surface area (Å²) in [6.07, 6.45) is 3.80. The van der Waals surface area contributed by atoms with Crippen LogP contribution >= 0.6 is 0 Å². The first-order chi connectivity index (χ1) is 10.7. The van der Waals surface area contributed by atoms with Crippen LogP contribution in [0.4, 0.5) is 5.69 Å². The third-order valence-electron chi connectivity index (χ3n) is 3.54. The van der Waals surface area contributed by atoms with Crippen molar-refractivity contribution in [2.45, 2.75) is 0 Å². The van der Waals surface area contributed by atoms with E-state index in [-0.39, 0.29) is 5.69 Å². The minimum Gasteiger partial charge on any atom is -0.497 e. The molecule has 0 saturated carbocycles. The molecule has 0 aliphatic carbocycles. The van der Waals surface area contributed by atoms with E-state index >= 15 is 0 Å². The highest BCUT2D eigenvalue weighted by molar-refractivity contribution is 5.83. The first-order valence-electron chi connectivity index (χ1n) is 6.75. The van der Waals surface area contributed by atoms with Crippen molar-refractivity contribution in [3.63, 3.8) is 0 Å². The number of hydrogen-bond donors (Lipinski definition) is 1. The molecule has 110 valence electrons. The van der Waals surface area contributed by atoms with Gasteiger partial charge in [0.15, 0.2) is 0 Å². The lowest BCUT2D eigenvalue weighted by Gasteiger charge is -2.06. The number of H-pyrrole nitrogens is 1. The van der Waals surface area contributed by atoms with Gasteiger partial charge in [-0.25, -0.2) is 0 Å². The van der Waals surface area contributed by atoms with Gasteiger partial charge in [-0.2, -0.15) is 0 Å². The van der Waals surface area contributed by atoms with Gasteiger partial charge in [-0.3, -0.25) is 10.1 Å². The van der Waals surface area contributed by atoms with Crippen molar-refractivity contribution in [2.24, 2.45) is 0 Å².